The van der Waals surface area contributed by atoms with Crippen LogP contribution in [0.2, 0.25) is 0 Å². The van der Waals surface area contributed by atoms with Gasteiger partial charge < -0.3 is 14.8 Å². The van der Waals surface area contributed by atoms with Gasteiger partial charge in [-0.25, -0.2) is 0 Å². The molecule has 1 heterocycles. The van der Waals surface area contributed by atoms with Crippen molar-refractivity contribution in [1.29, 1.82) is 0 Å². The van der Waals surface area contributed by atoms with Crippen molar-refractivity contribution in [2.75, 3.05) is 34.0 Å². The second-order valence-corrected chi connectivity index (χ2v) is 3.90. The molecule has 0 aromatic carbocycles. The van der Waals surface area contributed by atoms with Gasteiger partial charge in [-0.15, -0.1) is 0 Å². The molecular formula is C9H19NO2. The van der Waals surface area contributed by atoms with Crippen molar-refractivity contribution in [3.8, 4) is 0 Å². The molecule has 1 fully saturated rings. The smallest absolute Gasteiger partial charge is 0.0641 e. The molecule has 3 nitrogen and oxygen atoms in total. The minimum absolute atomic E-state index is 0.165. The Bertz CT molecular complexity index is 140. The van der Waals surface area contributed by atoms with Crippen molar-refractivity contribution in [2.45, 2.75) is 18.9 Å². The SMILES string of the molecule is COCC1CNC(C)(COC)C1. The molecule has 1 rings (SSSR count). The van der Waals surface area contributed by atoms with Crippen molar-refractivity contribution >= 4 is 0 Å². The van der Waals surface area contributed by atoms with Gasteiger partial charge in [0.1, 0.15) is 0 Å². The molecule has 1 aliphatic rings. The molecule has 2 unspecified atom stereocenters. The number of ether oxygens (including phenoxy) is 2. The quantitative estimate of drug-likeness (QED) is 0.677. The van der Waals surface area contributed by atoms with E-state index in [1.54, 1.807) is 14.2 Å². The van der Waals surface area contributed by atoms with E-state index in [2.05, 4.69) is 12.2 Å². The van der Waals surface area contributed by atoms with Crippen molar-refractivity contribution in [2.24, 2.45) is 5.92 Å². The van der Waals surface area contributed by atoms with Crippen molar-refractivity contribution in [3.05, 3.63) is 0 Å². The highest BCUT2D eigenvalue weighted by Gasteiger charge is 2.34. The van der Waals surface area contributed by atoms with Crippen LogP contribution >= 0.6 is 0 Å². The first-order chi connectivity index (χ1) is 5.70. The van der Waals surface area contributed by atoms with E-state index in [1.165, 1.54) is 0 Å². The van der Waals surface area contributed by atoms with Gasteiger partial charge in [0.15, 0.2) is 0 Å². The van der Waals surface area contributed by atoms with E-state index in [1.807, 2.05) is 0 Å². The van der Waals surface area contributed by atoms with Gasteiger partial charge in [-0.3, -0.25) is 0 Å². The lowest BCUT2D eigenvalue weighted by Gasteiger charge is -2.23. The molecular weight excluding hydrogens is 154 g/mol. The van der Waals surface area contributed by atoms with Gasteiger partial charge in [0.25, 0.3) is 0 Å². The third kappa shape index (κ3) is 2.44. The topological polar surface area (TPSA) is 30.5 Å². The molecule has 2 atom stereocenters. The predicted molar refractivity (Wildman–Crippen MR) is 48.3 cm³/mol. The minimum Gasteiger partial charge on any atom is -0.384 e. The first kappa shape index (κ1) is 9.96. The Labute approximate surface area is 74.4 Å². The van der Waals surface area contributed by atoms with Crippen LogP contribution < -0.4 is 5.32 Å². The maximum Gasteiger partial charge on any atom is 0.0641 e. The normalized spacial score (nSPS) is 35.8. The van der Waals surface area contributed by atoms with Gasteiger partial charge in [-0.2, -0.15) is 0 Å². The van der Waals surface area contributed by atoms with Crippen LogP contribution in [0.1, 0.15) is 13.3 Å². The molecule has 1 aliphatic heterocycles. The lowest BCUT2D eigenvalue weighted by Crippen LogP contribution is -2.40. The molecule has 0 spiro atoms. The summed E-state index contributed by atoms with van der Waals surface area (Å²) in [5.41, 5.74) is 0.165. The summed E-state index contributed by atoms with van der Waals surface area (Å²) in [6, 6.07) is 0. The summed E-state index contributed by atoms with van der Waals surface area (Å²) >= 11 is 0. The molecule has 0 saturated carbocycles. The summed E-state index contributed by atoms with van der Waals surface area (Å²) < 4.78 is 10.3. The Morgan fingerprint density at radius 2 is 2.17 bits per heavy atom. The van der Waals surface area contributed by atoms with E-state index in [9.17, 15) is 0 Å². The van der Waals surface area contributed by atoms with E-state index in [4.69, 9.17) is 9.47 Å². The summed E-state index contributed by atoms with van der Waals surface area (Å²) in [5, 5.41) is 3.46. The van der Waals surface area contributed by atoms with Crippen LogP contribution in [0.4, 0.5) is 0 Å². The zero-order chi connectivity index (χ0) is 9.03. The summed E-state index contributed by atoms with van der Waals surface area (Å²) in [6.07, 6.45) is 1.15. The summed E-state index contributed by atoms with van der Waals surface area (Å²) in [4.78, 5) is 0. The second-order valence-electron chi connectivity index (χ2n) is 3.90. The third-order valence-electron chi connectivity index (χ3n) is 2.42. The van der Waals surface area contributed by atoms with Gasteiger partial charge in [-0.05, 0) is 19.3 Å². The minimum atomic E-state index is 0.165. The first-order valence-electron chi connectivity index (χ1n) is 4.43. The molecule has 72 valence electrons. The fourth-order valence-corrected chi connectivity index (χ4v) is 1.95. The van der Waals surface area contributed by atoms with E-state index >= 15 is 0 Å². The molecule has 1 N–H and O–H groups in total. The molecule has 0 aromatic rings. The summed E-state index contributed by atoms with van der Waals surface area (Å²) in [6.45, 7) is 4.89. The zero-order valence-corrected chi connectivity index (χ0v) is 8.22. The Kier molecular flexibility index (Phi) is 3.50. The molecule has 0 radical (unpaired) electrons. The van der Waals surface area contributed by atoms with Gasteiger partial charge in [0.2, 0.25) is 0 Å². The fraction of sp³-hybridized carbons (Fsp3) is 1.00. The van der Waals surface area contributed by atoms with E-state index in [0.717, 1.165) is 26.2 Å². The van der Waals surface area contributed by atoms with Gasteiger partial charge in [0, 0.05) is 26.3 Å². The third-order valence-corrected chi connectivity index (χ3v) is 2.42. The highest BCUT2D eigenvalue weighted by molar-refractivity contribution is 4.92. The number of methoxy groups -OCH3 is 2. The van der Waals surface area contributed by atoms with Crippen LogP contribution in [-0.2, 0) is 9.47 Å². The summed E-state index contributed by atoms with van der Waals surface area (Å²) in [5.74, 6) is 0.648. The van der Waals surface area contributed by atoms with Crippen LogP contribution in [0.15, 0.2) is 0 Å². The van der Waals surface area contributed by atoms with Crippen LogP contribution in [0.3, 0.4) is 0 Å². The average Bonchev–Trinajstić information content (AvgIpc) is 2.34. The number of hydrogen-bond donors (Lipinski definition) is 1. The first-order valence-corrected chi connectivity index (χ1v) is 4.43. The van der Waals surface area contributed by atoms with Crippen LogP contribution in [0.25, 0.3) is 0 Å². The lowest BCUT2D eigenvalue weighted by atomic mass is 9.96. The maximum absolute atomic E-state index is 5.15. The maximum atomic E-state index is 5.15. The zero-order valence-electron chi connectivity index (χ0n) is 8.22. The number of nitrogens with one attached hydrogen (secondary N) is 1. The Hall–Kier alpha value is -0.120. The van der Waals surface area contributed by atoms with Crippen molar-refractivity contribution in [1.82, 2.24) is 5.32 Å². The van der Waals surface area contributed by atoms with E-state index in [-0.39, 0.29) is 5.54 Å². The Morgan fingerprint density at radius 3 is 2.75 bits per heavy atom. The van der Waals surface area contributed by atoms with E-state index < -0.39 is 0 Å². The van der Waals surface area contributed by atoms with Crippen LogP contribution in [0.5, 0.6) is 0 Å². The molecule has 0 aromatic heterocycles. The van der Waals surface area contributed by atoms with Gasteiger partial charge >= 0.3 is 0 Å². The highest BCUT2D eigenvalue weighted by Crippen LogP contribution is 2.23. The van der Waals surface area contributed by atoms with Crippen molar-refractivity contribution < 1.29 is 9.47 Å². The molecule has 1 saturated heterocycles. The number of hydrogen-bond acceptors (Lipinski definition) is 3. The second kappa shape index (κ2) is 4.21. The Morgan fingerprint density at radius 1 is 1.42 bits per heavy atom. The average molecular weight is 173 g/mol. The predicted octanol–water partition coefficient (Wildman–Crippen LogP) is 0.647. The molecule has 12 heavy (non-hydrogen) atoms. The Balaban J connectivity index is 2.32. The van der Waals surface area contributed by atoms with Crippen LogP contribution in [-0.4, -0.2) is 39.5 Å². The van der Waals surface area contributed by atoms with Crippen LogP contribution in [0, 0.1) is 5.92 Å². The monoisotopic (exact) mass is 173 g/mol. The summed E-state index contributed by atoms with van der Waals surface area (Å²) in [7, 11) is 3.50. The fourth-order valence-electron chi connectivity index (χ4n) is 1.95. The highest BCUT2D eigenvalue weighted by atomic mass is 16.5. The standard InChI is InChI=1S/C9H19NO2/c1-9(7-12-3)4-8(5-10-9)6-11-2/h8,10H,4-7H2,1-3H3. The number of rotatable bonds is 4. The van der Waals surface area contributed by atoms with Crippen molar-refractivity contribution in [3.63, 3.8) is 0 Å². The van der Waals surface area contributed by atoms with Gasteiger partial charge in [-0.1, -0.05) is 0 Å². The molecule has 3 heteroatoms. The van der Waals surface area contributed by atoms with Gasteiger partial charge in [0.05, 0.1) is 13.2 Å². The lowest BCUT2D eigenvalue weighted by molar-refractivity contribution is 0.119. The van der Waals surface area contributed by atoms with E-state index in [0.29, 0.717) is 5.92 Å². The largest absolute Gasteiger partial charge is 0.384 e. The molecule has 0 amide bonds. The molecule has 0 aliphatic carbocycles. The molecule has 0 bridgehead atoms.